The van der Waals surface area contributed by atoms with Gasteiger partial charge in [0.2, 0.25) is 0 Å². The Bertz CT molecular complexity index is 1010. The zero-order valence-corrected chi connectivity index (χ0v) is 18.9. The van der Waals surface area contributed by atoms with E-state index in [9.17, 15) is 19.2 Å². The first kappa shape index (κ1) is 25.3. The fraction of sp³-hybridized carbons (Fsp3) is 0.280. The van der Waals surface area contributed by atoms with Gasteiger partial charge in [0.1, 0.15) is 24.2 Å². The van der Waals surface area contributed by atoms with E-state index in [1.807, 2.05) is 12.2 Å². The summed E-state index contributed by atoms with van der Waals surface area (Å²) in [5.41, 5.74) is 1.55. The predicted octanol–water partition coefficient (Wildman–Crippen LogP) is 3.83. The van der Waals surface area contributed by atoms with Crippen LogP contribution in [-0.4, -0.2) is 36.6 Å². The molecule has 0 bridgehead atoms. The fourth-order valence-electron chi connectivity index (χ4n) is 3.03. The Balaban J connectivity index is 2.36. The summed E-state index contributed by atoms with van der Waals surface area (Å²) in [5, 5.41) is 0. The van der Waals surface area contributed by atoms with E-state index in [4.69, 9.17) is 18.9 Å². The molecule has 0 aliphatic heterocycles. The molecule has 33 heavy (non-hydrogen) atoms. The summed E-state index contributed by atoms with van der Waals surface area (Å²) < 4.78 is 20.7. The molecule has 0 N–H and O–H groups in total. The van der Waals surface area contributed by atoms with Crippen molar-refractivity contribution >= 4 is 30.0 Å². The van der Waals surface area contributed by atoms with Crippen molar-refractivity contribution in [1.82, 2.24) is 0 Å². The number of carbonyl (C=O) groups is 4. The average Bonchev–Trinajstić information content (AvgIpc) is 2.73. The van der Waals surface area contributed by atoms with Gasteiger partial charge in [-0.3, -0.25) is 19.2 Å². The van der Waals surface area contributed by atoms with Gasteiger partial charge < -0.3 is 18.9 Å². The highest BCUT2D eigenvalue weighted by molar-refractivity contribution is 5.70. The highest BCUT2D eigenvalue weighted by Gasteiger charge is 2.25. The number of hydrogen-bond acceptors (Lipinski definition) is 8. The van der Waals surface area contributed by atoms with Crippen molar-refractivity contribution in [2.24, 2.45) is 0 Å². The van der Waals surface area contributed by atoms with Gasteiger partial charge in [-0.15, -0.1) is 0 Å². The highest BCUT2D eigenvalue weighted by Crippen LogP contribution is 2.28. The molecule has 174 valence electrons. The van der Waals surface area contributed by atoms with E-state index in [-0.39, 0.29) is 6.61 Å². The van der Waals surface area contributed by atoms with Crippen molar-refractivity contribution in [2.75, 3.05) is 6.61 Å². The molecule has 2 atom stereocenters. The second kappa shape index (κ2) is 12.2. The monoisotopic (exact) mass is 454 g/mol. The van der Waals surface area contributed by atoms with E-state index < -0.39 is 35.9 Å². The van der Waals surface area contributed by atoms with Crippen molar-refractivity contribution in [3.8, 4) is 11.5 Å². The van der Waals surface area contributed by atoms with Gasteiger partial charge >= 0.3 is 23.9 Å². The maximum absolute atomic E-state index is 11.7. The largest absolute Gasteiger partial charge is 0.462 e. The first-order valence-electron chi connectivity index (χ1n) is 10.2. The molecule has 0 radical (unpaired) electrons. The van der Waals surface area contributed by atoms with Crippen LogP contribution in [0.5, 0.6) is 11.5 Å². The van der Waals surface area contributed by atoms with Crippen LogP contribution in [0.15, 0.2) is 54.6 Å². The summed E-state index contributed by atoms with van der Waals surface area (Å²) >= 11 is 0. The number of hydrogen-bond donors (Lipinski definition) is 0. The maximum Gasteiger partial charge on any atom is 0.308 e. The summed E-state index contributed by atoms with van der Waals surface area (Å²) in [5.74, 6) is -1.56. The lowest BCUT2D eigenvalue weighted by atomic mass is 9.92. The second-order valence-corrected chi connectivity index (χ2v) is 7.16. The molecule has 2 aromatic carbocycles. The molecule has 2 unspecified atom stereocenters. The van der Waals surface area contributed by atoms with Gasteiger partial charge in [0.15, 0.2) is 0 Å². The summed E-state index contributed by atoms with van der Waals surface area (Å²) in [7, 11) is 0. The van der Waals surface area contributed by atoms with Crippen LogP contribution < -0.4 is 9.47 Å². The van der Waals surface area contributed by atoms with Crippen LogP contribution in [0.2, 0.25) is 0 Å². The van der Waals surface area contributed by atoms with Crippen molar-refractivity contribution in [2.45, 2.75) is 39.7 Å². The number of esters is 4. The normalized spacial score (nSPS) is 12.5. The summed E-state index contributed by atoms with van der Waals surface area (Å²) in [6.07, 6.45) is 2.84. The van der Waals surface area contributed by atoms with Gasteiger partial charge in [-0.25, -0.2) is 0 Å². The van der Waals surface area contributed by atoms with E-state index in [0.29, 0.717) is 11.5 Å². The van der Waals surface area contributed by atoms with Gasteiger partial charge in [-0.1, -0.05) is 36.4 Å². The average molecular weight is 454 g/mol. The minimum Gasteiger partial charge on any atom is -0.462 e. The minimum atomic E-state index is -0.789. The van der Waals surface area contributed by atoms with Crippen LogP contribution in [0.25, 0.3) is 6.08 Å². The third-order valence-corrected chi connectivity index (χ3v) is 4.33. The van der Waals surface area contributed by atoms with Crippen LogP contribution in [0.4, 0.5) is 0 Å². The van der Waals surface area contributed by atoms with E-state index in [2.05, 4.69) is 0 Å². The molecule has 0 saturated heterocycles. The lowest BCUT2D eigenvalue weighted by Gasteiger charge is -2.24. The maximum atomic E-state index is 11.7. The van der Waals surface area contributed by atoms with Gasteiger partial charge in [-0.2, -0.15) is 0 Å². The fourth-order valence-corrected chi connectivity index (χ4v) is 3.03. The molecule has 0 saturated carbocycles. The number of ether oxygens (including phenoxy) is 4. The molecular formula is C25H26O8. The summed E-state index contributed by atoms with van der Waals surface area (Å²) in [6, 6.07) is 13.6. The van der Waals surface area contributed by atoms with Crippen LogP contribution in [-0.2, 0) is 28.7 Å². The zero-order valence-electron chi connectivity index (χ0n) is 18.9. The molecule has 0 heterocycles. The van der Waals surface area contributed by atoms with E-state index in [0.717, 1.165) is 11.1 Å². The van der Waals surface area contributed by atoms with E-state index in [1.165, 1.54) is 27.7 Å². The Hall–Kier alpha value is -3.94. The van der Waals surface area contributed by atoms with E-state index >= 15 is 0 Å². The van der Waals surface area contributed by atoms with Gasteiger partial charge in [0.25, 0.3) is 0 Å². The van der Waals surface area contributed by atoms with Crippen LogP contribution >= 0.6 is 0 Å². The summed E-state index contributed by atoms with van der Waals surface area (Å²) in [6.45, 7) is 5.04. The first-order valence-corrected chi connectivity index (χ1v) is 10.2. The molecule has 2 rings (SSSR count). The molecule has 0 fully saturated rings. The Labute approximate surface area is 192 Å². The molecule has 8 nitrogen and oxygen atoms in total. The Kier molecular flexibility index (Phi) is 9.35. The molecule has 0 aromatic heterocycles. The van der Waals surface area contributed by atoms with E-state index in [1.54, 1.807) is 48.5 Å². The highest BCUT2D eigenvalue weighted by atomic mass is 16.6. The summed E-state index contributed by atoms with van der Waals surface area (Å²) in [4.78, 5) is 45.4. The second-order valence-electron chi connectivity index (χ2n) is 7.16. The molecule has 0 aliphatic carbocycles. The minimum absolute atomic E-state index is 0.138. The predicted molar refractivity (Wildman–Crippen MR) is 119 cm³/mol. The number of benzene rings is 2. The molecule has 2 aromatic rings. The van der Waals surface area contributed by atoms with Gasteiger partial charge in [-0.05, 0) is 35.4 Å². The van der Waals surface area contributed by atoms with Gasteiger partial charge in [0, 0.05) is 33.6 Å². The van der Waals surface area contributed by atoms with Crippen molar-refractivity contribution < 1.29 is 38.1 Å². The van der Waals surface area contributed by atoms with Crippen LogP contribution in [0.1, 0.15) is 44.7 Å². The third-order valence-electron chi connectivity index (χ3n) is 4.33. The van der Waals surface area contributed by atoms with Gasteiger partial charge in [0.05, 0.1) is 0 Å². The van der Waals surface area contributed by atoms with Crippen molar-refractivity contribution in [3.63, 3.8) is 0 Å². The smallest absolute Gasteiger partial charge is 0.308 e. The molecule has 0 aliphatic rings. The molecule has 8 heteroatoms. The van der Waals surface area contributed by atoms with Crippen LogP contribution in [0.3, 0.4) is 0 Å². The van der Waals surface area contributed by atoms with Crippen LogP contribution in [0, 0.1) is 0 Å². The Morgan fingerprint density at radius 2 is 1.24 bits per heavy atom. The topological polar surface area (TPSA) is 105 Å². The quantitative estimate of drug-likeness (QED) is 0.416. The molecule has 0 spiro atoms. The third kappa shape index (κ3) is 8.98. The Morgan fingerprint density at radius 3 is 1.70 bits per heavy atom. The van der Waals surface area contributed by atoms with Crippen molar-refractivity contribution in [1.29, 1.82) is 0 Å². The number of rotatable bonds is 9. The zero-order chi connectivity index (χ0) is 24.4. The first-order chi connectivity index (χ1) is 15.6. The van der Waals surface area contributed by atoms with Crippen molar-refractivity contribution in [3.05, 3.63) is 65.7 Å². The number of carbonyl (C=O) groups excluding carboxylic acids is 4. The lowest BCUT2D eigenvalue weighted by molar-refractivity contribution is -0.157. The Morgan fingerprint density at radius 1 is 0.727 bits per heavy atom. The lowest BCUT2D eigenvalue weighted by Crippen LogP contribution is -2.29. The molecular weight excluding hydrogens is 428 g/mol. The SMILES string of the molecule is CC(=O)OCC(OC(C)=O)C(C=Cc1ccc(OC(C)=O)cc1)c1ccc(OC(C)=O)cc1. The molecule has 0 amide bonds. The standard InChI is InChI=1S/C25H26O8/c1-16(26)30-15-25(33-19(4)29)24(21-8-12-23(13-9-21)32-18(3)28)14-7-20-5-10-22(11-6-20)31-17(2)27/h5-14,24-25H,15H2,1-4H3.